The maximum absolute atomic E-state index is 10.6. The molecule has 1 aliphatic rings. The van der Waals surface area contributed by atoms with E-state index < -0.39 is 0 Å². The molecule has 0 bridgehead atoms. The number of nitro groups is 1. The minimum Gasteiger partial charge on any atom is -0.341 e. The SMILES string of the molecule is O=[N+]([O-])c1ccc(CCNCc2cnc(N3CCCC3)nc2)cc1. The fourth-order valence-corrected chi connectivity index (χ4v) is 2.77. The molecule has 3 rings (SSSR count). The van der Waals surface area contributed by atoms with Gasteiger partial charge in [-0.3, -0.25) is 10.1 Å². The van der Waals surface area contributed by atoms with Crippen LogP contribution in [0.4, 0.5) is 11.6 Å². The number of hydrogen-bond donors (Lipinski definition) is 1. The molecule has 126 valence electrons. The third-order valence-corrected chi connectivity index (χ3v) is 4.15. The normalized spacial score (nSPS) is 14.1. The molecule has 0 atom stereocenters. The topological polar surface area (TPSA) is 84.2 Å². The van der Waals surface area contributed by atoms with Gasteiger partial charge in [-0.1, -0.05) is 12.1 Å². The van der Waals surface area contributed by atoms with Crippen LogP contribution < -0.4 is 10.2 Å². The summed E-state index contributed by atoms with van der Waals surface area (Å²) < 4.78 is 0. The Kier molecular flexibility index (Phi) is 5.32. The van der Waals surface area contributed by atoms with Crippen molar-refractivity contribution in [2.75, 3.05) is 24.5 Å². The van der Waals surface area contributed by atoms with E-state index in [-0.39, 0.29) is 10.6 Å². The number of hydrogen-bond acceptors (Lipinski definition) is 6. The zero-order valence-electron chi connectivity index (χ0n) is 13.5. The molecular weight excluding hydrogens is 306 g/mol. The molecule has 7 nitrogen and oxygen atoms in total. The number of non-ortho nitro benzene ring substituents is 1. The van der Waals surface area contributed by atoms with Gasteiger partial charge in [-0.25, -0.2) is 9.97 Å². The van der Waals surface area contributed by atoms with Crippen molar-refractivity contribution in [2.45, 2.75) is 25.8 Å². The summed E-state index contributed by atoms with van der Waals surface area (Å²) >= 11 is 0. The standard InChI is InChI=1S/C17H21N5O2/c23-22(24)16-5-3-14(4-6-16)7-8-18-11-15-12-19-17(20-13-15)21-9-1-2-10-21/h3-6,12-13,18H,1-2,7-11H2. The average molecular weight is 327 g/mol. The minimum atomic E-state index is -0.381. The summed E-state index contributed by atoms with van der Waals surface area (Å²) in [4.78, 5) is 21.3. The average Bonchev–Trinajstić information content (AvgIpc) is 3.14. The fraction of sp³-hybridized carbons (Fsp3) is 0.412. The van der Waals surface area contributed by atoms with Crippen molar-refractivity contribution in [3.05, 3.63) is 57.9 Å². The van der Waals surface area contributed by atoms with Gasteiger partial charge in [0.2, 0.25) is 5.95 Å². The maximum Gasteiger partial charge on any atom is 0.269 e. The lowest BCUT2D eigenvalue weighted by atomic mass is 10.1. The molecule has 2 aromatic rings. The summed E-state index contributed by atoms with van der Waals surface area (Å²) in [7, 11) is 0. The van der Waals surface area contributed by atoms with Gasteiger partial charge in [0.05, 0.1) is 4.92 Å². The Balaban J connectivity index is 1.42. The highest BCUT2D eigenvalue weighted by atomic mass is 16.6. The summed E-state index contributed by atoms with van der Waals surface area (Å²) in [5.41, 5.74) is 2.26. The lowest BCUT2D eigenvalue weighted by Crippen LogP contribution is -2.21. The number of nitrogens with zero attached hydrogens (tertiary/aromatic N) is 4. The molecule has 1 aromatic carbocycles. The number of benzene rings is 1. The van der Waals surface area contributed by atoms with Crippen LogP contribution in [0.25, 0.3) is 0 Å². The highest BCUT2D eigenvalue weighted by Crippen LogP contribution is 2.15. The van der Waals surface area contributed by atoms with E-state index in [0.717, 1.165) is 43.1 Å². The van der Waals surface area contributed by atoms with Crippen molar-refractivity contribution in [3.63, 3.8) is 0 Å². The Morgan fingerprint density at radius 3 is 2.38 bits per heavy atom. The van der Waals surface area contributed by atoms with Gasteiger partial charge in [0, 0.05) is 49.7 Å². The van der Waals surface area contributed by atoms with Crippen LogP contribution >= 0.6 is 0 Å². The van der Waals surface area contributed by atoms with Crippen LogP contribution in [-0.4, -0.2) is 34.5 Å². The Morgan fingerprint density at radius 2 is 1.75 bits per heavy atom. The molecule has 1 fully saturated rings. The lowest BCUT2D eigenvalue weighted by molar-refractivity contribution is -0.384. The van der Waals surface area contributed by atoms with Crippen LogP contribution in [0.5, 0.6) is 0 Å². The summed E-state index contributed by atoms with van der Waals surface area (Å²) in [6, 6.07) is 6.68. The molecule has 1 aromatic heterocycles. The van der Waals surface area contributed by atoms with Gasteiger partial charge in [0.1, 0.15) is 0 Å². The number of nitro benzene ring substituents is 1. The second kappa shape index (κ2) is 7.83. The Bertz CT molecular complexity index is 666. The van der Waals surface area contributed by atoms with Gasteiger partial charge in [0.25, 0.3) is 5.69 Å². The van der Waals surface area contributed by atoms with E-state index in [1.165, 1.54) is 12.8 Å². The van der Waals surface area contributed by atoms with Crippen molar-refractivity contribution >= 4 is 11.6 Å². The first-order valence-corrected chi connectivity index (χ1v) is 8.22. The Hall–Kier alpha value is -2.54. The van der Waals surface area contributed by atoms with Crippen molar-refractivity contribution in [3.8, 4) is 0 Å². The number of rotatable bonds is 7. The van der Waals surface area contributed by atoms with E-state index in [4.69, 9.17) is 0 Å². The molecule has 24 heavy (non-hydrogen) atoms. The highest BCUT2D eigenvalue weighted by molar-refractivity contribution is 5.33. The summed E-state index contributed by atoms with van der Waals surface area (Å²) in [5, 5.41) is 14.0. The van der Waals surface area contributed by atoms with Gasteiger partial charge in [-0.15, -0.1) is 0 Å². The fourth-order valence-electron chi connectivity index (χ4n) is 2.77. The van der Waals surface area contributed by atoms with Crippen molar-refractivity contribution < 1.29 is 4.92 Å². The highest BCUT2D eigenvalue weighted by Gasteiger charge is 2.14. The molecule has 0 radical (unpaired) electrons. The molecule has 1 saturated heterocycles. The Morgan fingerprint density at radius 1 is 1.08 bits per heavy atom. The zero-order valence-corrected chi connectivity index (χ0v) is 13.5. The number of nitrogens with one attached hydrogen (secondary N) is 1. The van der Waals surface area contributed by atoms with Crippen molar-refractivity contribution in [1.29, 1.82) is 0 Å². The molecule has 0 unspecified atom stereocenters. The molecule has 1 aliphatic heterocycles. The Labute approximate surface area is 140 Å². The lowest BCUT2D eigenvalue weighted by Gasteiger charge is -2.14. The maximum atomic E-state index is 10.6. The van der Waals surface area contributed by atoms with Gasteiger partial charge in [-0.2, -0.15) is 0 Å². The molecule has 0 saturated carbocycles. The number of anilines is 1. The molecule has 0 aliphatic carbocycles. The zero-order chi connectivity index (χ0) is 16.8. The minimum absolute atomic E-state index is 0.127. The second-order valence-electron chi connectivity index (χ2n) is 5.94. The molecule has 1 N–H and O–H groups in total. The first-order valence-electron chi connectivity index (χ1n) is 8.22. The summed E-state index contributed by atoms with van der Waals surface area (Å²) in [6.07, 6.45) is 7.01. The van der Waals surface area contributed by atoms with Crippen LogP contribution in [0, 0.1) is 10.1 Å². The van der Waals surface area contributed by atoms with E-state index in [1.54, 1.807) is 24.3 Å². The number of aromatic nitrogens is 2. The second-order valence-corrected chi connectivity index (χ2v) is 5.94. The molecule has 2 heterocycles. The molecular formula is C17H21N5O2. The van der Waals surface area contributed by atoms with Crippen LogP contribution in [0.15, 0.2) is 36.7 Å². The quantitative estimate of drug-likeness (QED) is 0.477. The largest absolute Gasteiger partial charge is 0.341 e. The summed E-state index contributed by atoms with van der Waals surface area (Å²) in [6.45, 7) is 3.61. The van der Waals surface area contributed by atoms with Gasteiger partial charge >= 0.3 is 0 Å². The van der Waals surface area contributed by atoms with Crippen LogP contribution in [0.3, 0.4) is 0 Å². The van der Waals surface area contributed by atoms with Crippen LogP contribution in [-0.2, 0) is 13.0 Å². The van der Waals surface area contributed by atoms with E-state index in [9.17, 15) is 10.1 Å². The van der Waals surface area contributed by atoms with Crippen LogP contribution in [0.2, 0.25) is 0 Å². The van der Waals surface area contributed by atoms with E-state index >= 15 is 0 Å². The van der Waals surface area contributed by atoms with Gasteiger partial charge in [-0.05, 0) is 31.4 Å². The molecule has 0 amide bonds. The predicted molar refractivity (Wildman–Crippen MR) is 92.0 cm³/mol. The van der Waals surface area contributed by atoms with E-state index in [1.807, 2.05) is 12.4 Å². The van der Waals surface area contributed by atoms with E-state index in [2.05, 4.69) is 20.2 Å². The third kappa shape index (κ3) is 4.26. The first kappa shape index (κ1) is 16.3. The van der Waals surface area contributed by atoms with Gasteiger partial charge < -0.3 is 10.2 Å². The predicted octanol–water partition coefficient (Wildman–Crippen LogP) is 2.32. The van der Waals surface area contributed by atoms with Crippen LogP contribution in [0.1, 0.15) is 24.0 Å². The van der Waals surface area contributed by atoms with E-state index in [0.29, 0.717) is 6.54 Å². The van der Waals surface area contributed by atoms with Gasteiger partial charge in [0.15, 0.2) is 0 Å². The van der Waals surface area contributed by atoms with Crippen molar-refractivity contribution in [2.24, 2.45) is 0 Å². The molecule has 7 heteroatoms. The first-order chi connectivity index (χ1) is 11.7. The monoisotopic (exact) mass is 327 g/mol. The third-order valence-electron chi connectivity index (χ3n) is 4.15. The molecule has 0 spiro atoms. The van der Waals surface area contributed by atoms with Crippen molar-refractivity contribution in [1.82, 2.24) is 15.3 Å². The summed E-state index contributed by atoms with van der Waals surface area (Å²) in [5.74, 6) is 0.821. The smallest absolute Gasteiger partial charge is 0.269 e.